The minimum atomic E-state index is 0.705. The summed E-state index contributed by atoms with van der Waals surface area (Å²) in [6, 6.07) is 0. The first-order valence-electron chi connectivity index (χ1n) is 5.19. The molecule has 0 radical (unpaired) electrons. The van der Waals surface area contributed by atoms with Gasteiger partial charge in [-0.05, 0) is 30.6 Å². The molecule has 0 aromatic heterocycles. The molecule has 0 heteroatoms. The molecule has 0 bridgehead atoms. The molecule has 0 aromatic carbocycles. The summed E-state index contributed by atoms with van der Waals surface area (Å²) >= 11 is 0. The first kappa shape index (κ1) is 11.7. The van der Waals surface area contributed by atoms with Gasteiger partial charge in [0.15, 0.2) is 0 Å². The molecule has 0 aromatic rings. The maximum Gasteiger partial charge on any atom is -0.0290 e. The number of rotatable bonds is 5. The third-order valence-corrected chi connectivity index (χ3v) is 1.93. The first-order valence-corrected chi connectivity index (χ1v) is 5.19. The normalized spacial score (nSPS) is 14.9. The van der Waals surface area contributed by atoms with Gasteiger partial charge in [-0.15, -0.1) is 0 Å². The molecule has 1 atom stereocenters. The third kappa shape index (κ3) is 7.84. The summed E-state index contributed by atoms with van der Waals surface area (Å²) in [5.74, 6) is 2.39. The van der Waals surface area contributed by atoms with Crippen LogP contribution >= 0.6 is 0 Å². The second-order valence-corrected chi connectivity index (χ2v) is 4.64. The van der Waals surface area contributed by atoms with Crippen LogP contribution in [0.1, 0.15) is 47.5 Å². The van der Waals surface area contributed by atoms with Crippen molar-refractivity contribution in [3.8, 4) is 0 Å². The van der Waals surface area contributed by atoms with Crippen molar-refractivity contribution in [2.45, 2.75) is 47.5 Å². The molecule has 12 heavy (non-hydrogen) atoms. The quantitative estimate of drug-likeness (QED) is 0.538. The highest BCUT2D eigenvalue weighted by molar-refractivity contribution is 4.85. The Morgan fingerprint density at radius 2 is 1.58 bits per heavy atom. The van der Waals surface area contributed by atoms with E-state index in [1.165, 1.54) is 12.8 Å². The zero-order valence-electron chi connectivity index (χ0n) is 9.30. The molecule has 0 rings (SSSR count). The highest BCUT2D eigenvalue weighted by Gasteiger charge is 2.02. The number of hydrogen-bond acceptors (Lipinski definition) is 0. The van der Waals surface area contributed by atoms with Crippen LogP contribution in [-0.2, 0) is 0 Å². The molecule has 72 valence electrons. The lowest BCUT2D eigenvalue weighted by molar-refractivity contribution is 0.442. The fourth-order valence-corrected chi connectivity index (χ4v) is 1.48. The van der Waals surface area contributed by atoms with Crippen LogP contribution < -0.4 is 0 Å². The highest BCUT2D eigenvalue weighted by atomic mass is 14.1. The van der Waals surface area contributed by atoms with Crippen LogP contribution in [0.3, 0.4) is 0 Å². The Morgan fingerprint density at radius 1 is 1.00 bits per heavy atom. The number of hydrogen-bond donors (Lipinski definition) is 0. The summed E-state index contributed by atoms with van der Waals surface area (Å²) in [6.45, 7) is 11.4. The number of allylic oxidation sites excluding steroid dienone is 2. The molecule has 0 saturated heterocycles. The second kappa shape index (κ2) is 6.28. The Hall–Kier alpha value is -0.260. The van der Waals surface area contributed by atoms with E-state index >= 15 is 0 Å². The van der Waals surface area contributed by atoms with Crippen molar-refractivity contribution in [1.29, 1.82) is 0 Å². The van der Waals surface area contributed by atoms with E-state index in [1.54, 1.807) is 0 Å². The molecule has 0 aliphatic rings. The highest BCUT2D eigenvalue weighted by Crippen LogP contribution is 2.15. The Bertz CT molecular complexity index is 120. The van der Waals surface area contributed by atoms with E-state index in [0.29, 0.717) is 5.92 Å². The van der Waals surface area contributed by atoms with Gasteiger partial charge in [-0.1, -0.05) is 46.8 Å². The summed E-state index contributed by atoms with van der Waals surface area (Å²) < 4.78 is 0. The summed E-state index contributed by atoms with van der Waals surface area (Å²) in [5, 5.41) is 0. The molecule has 0 nitrogen and oxygen atoms in total. The van der Waals surface area contributed by atoms with Gasteiger partial charge in [0.25, 0.3) is 0 Å². The molecule has 0 heterocycles. The van der Waals surface area contributed by atoms with Gasteiger partial charge in [-0.2, -0.15) is 0 Å². The van der Waals surface area contributed by atoms with Gasteiger partial charge >= 0.3 is 0 Å². The van der Waals surface area contributed by atoms with Crippen LogP contribution in [0.2, 0.25) is 0 Å². The van der Waals surface area contributed by atoms with Gasteiger partial charge in [-0.25, -0.2) is 0 Å². The topological polar surface area (TPSA) is 0 Å². The molecule has 0 amide bonds. The van der Waals surface area contributed by atoms with Crippen LogP contribution in [0.5, 0.6) is 0 Å². The second-order valence-electron chi connectivity index (χ2n) is 4.64. The maximum atomic E-state index is 2.34. The zero-order chi connectivity index (χ0) is 9.56. The molecular formula is C12H24. The van der Waals surface area contributed by atoms with Crippen molar-refractivity contribution in [2.75, 3.05) is 0 Å². The van der Waals surface area contributed by atoms with Crippen molar-refractivity contribution in [1.82, 2.24) is 0 Å². The van der Waals surface area contributed by atoms with Crippen molar-refractivity contribution in [3.63, 3.8) is 0 Å². The predicted molar refractivity (Wildman–Crippen MR) is 57.2 cm³/mol. The van der Waals surface area contributed by atoms with Crippen molar-refractivity contribution in [2.24, 2.45) is 17.8 Å². The van der Waals surface area contributed by atoms with E-state index in [1.807, 2.05) is 0 Å². The minimum absolute atomic E-state index is 0.705. The molecule has 0 spiro atoms. The van der Waals surface area contributed by atoms with Gasteiger partial charge in [0.05, 0.1) is 0 Å². The van der Waals surface area contributed by atoms with E-state index in [0.717, 1.165) is 11.8 Å². The lowest BCUT2D eigenvalue weighted by atomic mass is 9.95. The summed E-state index contributed by atoms with van der Waals surface area (Å²) in [4.78, 5) is 0. The van der Waals surface area contributed by atoms with E-state index in [-0.39, 0.29) is 0 Å². The van der Waals surface area contributed by atoms with E-state index in [4.69, 9.17) is 0 Å². The molecule has 0 aliphatic heterocycles. The third-order valence-electron chi connectivity index (χ3n) is 1.93. The summed E-state index contributed by atoms with van der Waals surface area (Å²) in [7, 11) is 0. The van der Waals surface area contributed by atoms with Gasteiger partial charge < -0.3 is 0 Å². The zero-order valence-corrected chi connectivity index (χ0v) is 9.30. The largest absolute Gasteiger partial charge is 0.0880 e. The lowest BCUT2D eigenvalue weighted by Crippen LogP contribution is -1.98. The van der Waals surface area contributed by atoms with E-state index in [2.05, 4.69) is 46.8 Å². The smallest absolute Gasteiger partial charge is 0.0290 e. The standard InChI is InChI=1S/C12H24/c1-10(2)7-6-8-12(5)9-11(3)4/h6-7,10-12H,8-9H2,1-5H3/b7-6+. The average Bonchev–Trinajstić information content (AvgIpc) is 1.84. The molecule has 1 unspecified atom stereocenters. The Labute approximate surface area is 78.1 Å². The van der Waals surface area contributed by atoms with Crippen LogP contribution in [0.15, 0.2) is 12.2 Å². The van der Waals surface area contributed by atoms with E-state index in [9.17, 15) is 0 Å². The fraction of sp³-hybridized carbons (Fsp3) is 0.833. The molecule has 0 aliphatic carbocycles. The lowest BCUT2D eigenvalue weighted by Gasteiger charge is -2.11. The van der Waals surface area contributed by atoms with E-state index < -0.39 is 0 Å². The van der Waals surface area contributed by atoms with Gasteiger partial charge in [0.2, 0.25) is 0 Å². The minimum Gasteiger partial charge on any atom is -0.0880 e. The Balaban J connectivity index is 3.49. The van der Waals surface area contributed by atoms with Crippen LogP contribution in [-0.4, -0.2) is 0 Å². The SMILES string of the molecule is CC(C)/C=C/CC(C)CC(C)C. The van der Waals surface area contributed by atoms with Gasteiger partial charge in [0, 0.05) is 0 Å². The van der Waals surface area contributed by atoms with Crippen LogP contribution in [0, 0.1) is 17.8 Å². The van der Waals surface area contributed by atoms with Crippen molar-refractivity contribution in [3.05, 3.63) is 12.2 Å². The summed E-state index contributed by atoms with van der Waals surface area (Å²) in [5.41, 5.74) is 0. The molecule has 0 fully saturated rings. The molecule has 0 N–H and O–H groups in total. The Kier molecular flexibility index (Phi) is 6.14. The summed E-state index contributed by atoms with van der Waals surface area (Å²) in [6.07, 6.45) is 7.23. The van der Waals surface area contributed by atoms with Gasteiger partial charge in [0.1, 0.15) is 0 Å². The first-order chi connectivity index (χ1) is 5.52. The van der Waals surface area contributed by atoms with Crippen LogP contribution in [0.4, 0.5) is 0 Å². The van der Waals surface area contributed by atoms with Crippen molar-refractivity contribution >= 4 is 0 Å². The molecular weight excluding hydrogens is 144 g/mol. The van der Waals surface area contributed by atoms with Crippen LogP contribution in [0.25, 0.3) is 0 Å². The predicted octanol–water partition coefficient (Wildman–Crippen LogP) is 4.27. The van der Waals surface area contributed by atoms with Gasteiger partial charge in [-0.3, -0.25) is 0 Å². The Morgan fingerprint density at radius 3 is 2.00 bits per heavy atom. The monoisotopic (exact) mass is 168 g/mol. The average molecular weight is 168 g/mol. The fourth-order valence-electron chi connectivity index (χ4n) is 1.48. The van der Waals surface area contributed by atoms with Crippen molar-refractivity contribution < 1.29 is 0 Å². The molecule has 0 saturated carbocycles. The maximum absolute atomic E-state index is 2.34.